The molecule has 4 aliphatic rings. The standard InChI is InChI=1S/C24H32O10/c1-11-9-14(31-12(2)25)18(28)21(4)8-7-15(27)22(5,30)17(21)19(32-13(3)26)24-16(10-11)33-20(29)23(24,6)34-24/h7-8,10,14-19,27-28,30H,9H2,1-6H3/b11-10-/t14-,15+,16+,17-,18+,19?,21-,22-,23+,24?/m1/s1. The van der Waals surface area contributed by atoms with E-state index in [-0.39, 0.29) is 6.42 Å². The van der Waals surface area contributed by atoms with E-state index in [1.807, 2.05) is 0 Å². The lowest BCUT2D eigenvalue weighted by Crippen LogP contribution is -2.67. The predicted octanol–water partition coefficient (Wildman–Crippen LogP) is 0.318. The second-order valence-electron chi connectivity index (χ2n) is 10.5. The quantitative estimate of drug-likeness (QED) is 0.218. The van der Waals surface area contributed by atoms with E-state index in [0.717, 1.165) is 0 Å². The Morgan fingerprint density at radius 3 is 2.29 bits per heavy atom. The number of hydrogen-bond donors (Lipinski definition) is 3. The van der Waals surface area contributed by atoms with Crippen LogP contribution in [0.4, 0.5) is 0 Å². The maximum Gasteiger partial charge on any atom is 0.342 e. The number of epoxide rings is 1. The molecule has 2 aliphatic heterocycles. The van der Waals surface area contributed by atoms with Crippen molar-refractivity contribution in [2.24, 2.45) is 11.3 Å². The van der Waals surface area contributed by atoms with Gasteiger partial charge in [-0.1, -0.05) is 24.6 Å². The van der Waals surface area contributed by atoms with Crippen molar-refractivity contribution in [1.82, 2.24) is 0 Å². The smallest absolute Gasteiger partial charge is 0.342 e. The van der Waals surface area contributed by atoms with Crippen LogP contribution in [0.3, 0.4) is 0 Å². The van der Waals surface area contributed by atoms with Crippen molar-refractivity contribution in [1.29, 1.82) is 0 Å². The summed E-state index contributed by atoms with van der Waals surface area (Å²) in [7, 11) is 0. The van der Waals surface area contributed by atoms with Gasteiger partial charge in [0.05, 0.1) is 5.60 Å². The van der Waals surface area contributed by atoms with Crippen LogP contribution < -0.4 is 0 Å². The molecule has 1 spiro atoms. The van der Waals surface area contributed by atoms with E-state index in [2.05, 4.69) is 0 Å². The Kier molecular flexibility index (Phi) is 5.56. The average molecular weight is 481 g/mol. The minimum atomic E-state index is -1.94. The van der Waals surface area contributed by atoms with Gasteiger partial charge in [-0.2, -0.15) is 0 Å². The molecule has 188 valence electrons. The number of aliphatic hydroxyl groups is 3. The van der Waals surface area contributed by atoms with Gasteiger partial charge >= 0.3 is 17.9 Å². The molecule has 2 heterocycles. The van der Waals surface area contributed by atoms with Crippen LogP contribution in [0.2, 0.25) is 0 Å². The first-order valence-corrected chi connectivity index (χ1v) is 11.3. The fourth-order valence-electron chi connectivity index (χ4n) is 6.19. The highest BCUT2D eigenvalue weighted by Crippen LogP contribution is 2.65. The second-order valence-corrected chi connectivity index (χ2v) is 10.5. The topological polar surface area (TPSA) is 152 Å². The van der Waals surface area contributed by atoms with Gasteiger partial charge in [-0.15, -0.1) is 0 Å². The number of rotatable bonds is 2. The zero-order chi connectivity index (χ0) is 25.4. The highest BCUT2D eigenvalue weighted by Gasteiger charge is 2.87. The molecule has 0 aromatic heterocycles. The van der Waals surface area contributed by atoms with E-state index in [9.17, 15) is 29.7 Å². The fourth-order valence-corrected chi connectivity index (χ4v) is 6.19. The summed E-state index contributed by atoms with van der Waals surface area (Å²) in [6.45, 7) is 8.66. The molecule has 2 unspecified atom stereocenters. The van der Waals surface area contributed by atoms with Gasteiger partial charge in [-0.05, 0) is 26.8 Å². The molecule has 4 rings (SSSR count). The van der Waals surface area contributed by atoms with E-state index < -0.39 is 76.6 Å². The van der Waals surface area contributed by atoms with Crippen LogP contribution in [0.25, 0.3) is 0 Å². The Morgan fingerprint density at radius 1 is 1.12 bits per heavy atom. The lowest BCUT2D eigenvalue weighted by atomic mass is 9.55. The maximum atomic E-state index is 12.8. The summed E-state index contributed by atoms with van der Waals surface area (Å²) in [6.07, 6.45) is -1.48. The fraction of sp³-hybridized carbons (Fsp3) is 0.708. The Morgan fingerprint density at radius 2 is 1.74 bits per heavy atom. The molecule has 3 N–H and O–H groups in total. The molecule has 0 aromatic rings. The summed E-state index contributed by atoms with van der Waals surface area (Å²) in [5.74, 6) is -3.16. The molecular formula is C24H32O10. The first-order chi connectivity index (χ1) is 15.6. The normalized spacial score (nSPS) is 51.1. The summed E-state index contributed by atoms with van der Waals surface area (Å²) < 4.78 is 22.9. The van der Waals surface area contributed by atoms with Crippen molar-refractivity contribution >= 4 is 17.9 Å². The zero-order valence-corrected chi connectivity index (χ0v) is 20.1. The van der Waals surface area contributed by atoms with E-state index in [1.54, 1.807) is 19.9 Å². The van der Waals surface area contributed by atoms with Crippen LogP contribution in [0, 0.1) is 11.3 Å². The molecule has 0 saturated carbocycles. The van der Waals surface area contributed by atoms with Crippen LogP contribution >= 0.6 is 0 Å². The van der Waals surface area contributed by atoms with Gasteiger partial charge in [0.15, 0.2) is 17.3 Å². The van der Waals surface area contributed by atoms with Gasteiger partial charge in [0, 0.05) is 31.6 Å². The number of aliphatic hydroxyl groups excluding tert-OH is 2. The Hall–Kier alpha value is -2.27. The summed E-state index contributed by atoms with van der Waals surface area (Å²) in [4.78, 5) is 37.0. The van der Waals surface area contributed by atoms with E-state index in [4.69, 9.17) is 18.9 Å². The van der Waals surface area contributed by atoms with Gasteiger partial charge < -0.3 is 34.3 Å². The number of fused-ring (bicyclic) bond motifs is 1. The highest BCUT2D eigenvalue weighted by molar-refractivity contribution is 5.89. The highest BCUT2D eigenvalue weighted by atomic mass is 16.7. The largest absolute Gasteiger partial charge is 0.459 e. The van der Waals surface area contributed by atoms with Gasteiger partial charge in [0.2, 0.25) is 0 Å². The number of carbonyl (C=O) groups excluding carboxylic acids is 3. The minimum Gasteiger partial charge on any atom is -0.459 e. The molecule has 0 aromatic carbocycles. The van der Waals surface area contributed by atoms with Gasteiger partial charge in [-0.25, -0.2) is 4.79 Å². The summed E-state index contributed by atoms with van der Waals surface area (Å²) in [5.41, 5.74) is -5.64. The van der Waals surface area contributed by atoms with Crippen molar-refractivity contribution < 1.29 is 48.7 Å². The molecule has 0 radical (unpaired) electrons. The third-order valence-electron chi connectivity index (χ3n) is 7.94. The molecule has 10 nitrogen and oxygen atoms in total. The third kappa shape index (κ3) is 3.26. The van der Waals surface area contributed by atoms with Crippen LogP contribution in [0.1, 0.15) is 48.0 Å². The lowest BCUT2D eigenvalue weighted by molar-refractivity contribution is -0.217. The van der Waals surface area contributed by atoms with Crippen molar-refractivity contribution in [3.63, 3.8) is 0 Å². The van der Waals surface area contributed by atoms with Crippen LogP contribution in [-0.2, 0) is 33.3 Å². The number of hydrogen-bond acceptors (Lipinski definition) is 10. The molecule has 2 aliphatic carbocycles. The molecular weight excluding hydrogens is 448 g/mol. The molecule has 0 bridgehead atoms. The number of carbonyl (C=O) groups is 3. The van der Waals surface area contributed by atoms with Crippen molar-refractivity contribution in [2.75, 3.05) is 0 Å². The zero-order valence-electron chi connectivity index (χ0n) is 20.1. The SMILES string of the molecule is CC(=O)OC1[C@H]2[C@](C)(O)[C@@H](O)C=C[C@@]2(C)[C@@H](O)[C@H](OC(C)=O)C/C(C)=C\[C@@H]2OC(=O)[C@]3(C)OC123. The molecule has 34 heavy (non-hydrogen) atoms. The summed E-state index contributed by atoms with van der Waals surface area (Å²) >= 11 is 0. The predicted molar refractivity (Wildman–Crippen MR) is 115 cm³/mol. The van der Waals surface area contributed by atoms with E-state index in [0.29, 0.717) is 5.57 Å². The van der Waals surface area contributed by atoms with Crippen molar-refractivity contribution in [3.05, 3.63) is 23.8 Å². The average Bonchev–Trinajstić information content (AvgIpc) is 3.29. The lowest BCUT2D eigenvalue weighted by Gasteiger charge is -2.54. The maximum absolute atomic E-state index is 12.8. The molecule has 0 amide bonds. The molecule has 2 saturated heterocycles. The van der Waals surface area contributed by atoms with Crippen molar-refractivity contribution in [3.8, 4) is 0 Å². The second kappa shape index (κ2) is 7.61. The molecule has 2 fully saturated rings. The first kappa shape index (κ1) is 24.8. The van der Waals surface area contributed by atoms with Crippen LogP contribution in [-0.4, -0.2) is 80.6 Å². The van der Waals surface area contributed by atoms with Crippen LogP contribution in [0.5, 0.6) is 0 Å². The Labute approximate surface area is 197 Å². The van der Waals surface area contributed by atoms with E-state index >= 15 is 0 Å². The number of ether oxygens (including phenoxy) is 4. The monoisotopic (exact) mass is 480 g/mol. The van der Waals surface area contributed by atoms with Gasteiger partial charge in [0.1, 0.15) is 24.4 Å². The van der Waals surface area contributed by atoms with Crippen molar-refractivity contribution in [2.45, 2.75) is 95.3 Å². The van der Waals surface area contributed by atoms with E-state index in [1.165, 1.54) is 39.8 Å². The molecule has 10 heteroatoms. The summed E-state index contributed by atoms with van der Waals surface area (Å²) in [6, 6.07) is 0. The first-order valence-electron chi connectivity index (χ1n) is 11.3. The third-order valence-corrected chi connectivity index (χ3v) is 7.94. The Balaban J connectivity index is 2.00. The Bertz CT molecular complexity index is 984. The van der Waals surface area contributed by atoms with Gasteiger partial charge in [0.25, 0.3) is 0 Å². The van der Waals surface area contributed by atoms with Crippen LogP contribution in [0.15, 0.2) is 23.8 Å². The van der Waals surface area contributed by atoms with Gasteiger partial charge in [-0.3, -0.25) is 9.59 Å². The summed E-state index contributed by atoms with van der Waals surface area (Å²) in [5, 5.41) is 33.9. The minimum absolute atomic E-state index is 0.112. The number of esters is 3. The molecule has 10 atom stereocenters.